The number of H-pyrrole nitrogens is 1. The van der Waals surface area contributed by atoms with E-state index in [0.717, 1.165) is 37.9 Å². The Kier molecular flexibility index (Phi) is 4.87. The van der Waals surface area contributed by atoms with E-state index < -0.39 is 6.85 Å². The molecule has 0 radical (unpaired) electrons. The van der Waals surface area contributed by atoms with Crippen LogP contribution in [0.25, 0.3) is 59.1 Å². The van der Waals surface area contributed by atoms with Crippen molar-refractivity contribution in [3.05, 3.63) is 108 Å². The van der Waals surface area contributed by atoms with Gasteiger partial charge in [-0.3, -0.25) is 0 Å². The van der Waals surface area contributed by atoms with Gasteiger partial charge in [0.1, 0.15) is 5.69 Å². The van der Waals surface area contributed by atoms with E-state index in [4.69, 9.17) is 4.11 Å². The summed E-state index contributed by atoms with van der Waals surface area (Å²) in [4.78, 5) is 3.81. The van der Waals surface area contributed by atoms with Crippen LogP contribution in [0.1, 0.15) is 60.3 Å². The second-order valence-electron chi connectivity index (χ2n) is 11.1. The van der Waals surface area contributed by atoms with E-state index >= 15 is 0 Å². The Morgan fingerprint density at radius 1 is 0.744 bits per heavy atom. The first kappa shape index (κ1) is 20.9. The lowest BCUT2D eigenvalue weighted by Crippen LogP contribution is -2.35. The molecule has 0 unspecified atom stereocenters. The number of para-hydroxylation sites is 3. The van der Waals surface area contributed by atoms with Gasteiger partial charge in [-0.25, -0.2) is 4.98 Å². The Morgan fingerprint density at radius 3 is 2.28 bits per heavy atom. The zero-order chi connectivity index (χ0) is 29.3. The maximum atomic E-state index is 7.87. The number of imidazole rings is 1. The van der Waals surface area contributed by atoms with Crippen molar-refractivity contribution in [2.24, 2.45) is 0 Å². The van der Waals surface area contributed by atoms with Crippen LogP contribution >= 0.6 is 11.3 Å². The Bertz CT molecular complexity index is 2120. The van der Waals surface area contributed by atoms with Gasteiger partial charge in [0.15, 0.2) is 11.0 Å². The molecule has 0 aliphatic heterocycles. The number of aryl methyl sites for hydroxylation is 1. The van der Waals surface area contributed by atoms with Gasteiger partial charge in [-0.05, 0) is 59.8 Å². The predicted octanol–water partition coefficient (Wildman–Crippen LogP) is 10.2. The van der Waals surface area contributed by atoms with E-state index in [1.54, 1.807) is 17.4 Å². The van der Waals surface area contributed by atoms with E-state index in [2.05, 4.69) is 110 Å². The number of nitrogens with one attached hydrogen (secondary N) is 1. The Labute approximate surface area is 237 Å². The standard InChI is InChI=1S/C36H32N2S/c1-21(2)26-10-8-11-27(22(3)4)34(26)38-32-15-7-6-14-31(32)37-36(38)29-13-9-12-28-30-19-24-17-16-23(5)18-25(24)20-33(30)39-35(28)29/h6-22H,1-5H3/p+1/i5D3. The molecule has 7 rings (SSSR count). The summed E-state index contributed by atoms with van der Waals surface area (Å²) in [6.45, 7) is 6.96. The summed E-state index contributed by atoms with van der Waals surface area (Å²) < 4.78 is 28.4. The van der Waals surface area contributed by atoms with Gasteiger partial charge in [0.25, 0.3) is 5.82 Å². The molecule has 0 bridgehead atoms. The van der Waals surface area contributed by atoms with Crippen LogP contribution in [-0.2, 0) is 0 Å². The van der Waals surface area contributed by atoms with E-state index in [-0.39, 0.29) is 0 Å². The first-order valence-corrected chi connectivity index (χ1v) is 14.5. The van der Waals surface area contributed by atoms with Crippen molar-refractivity contribution in [1.29, 1.82) is 0 Å². The lowest BCUT2D eigenvalue weighted by molar-refractivity contribution is -0.556. The van der Waals surface area contributed by atoms with Crippen LogP contribution in [-0.4, -0.2) is 4.98 Å². The zero-order valence-corrected chi connectivity index (χ0v) is 23.5. The molecule has 2 aromatic heterocycles. The average Bonchev–Trinajstić information content (AvgIpc) is 3.52. The monoisotopic (exact) mass is 528 g/mol. The number of aromatic nitrogens is 2. The molecule has 0 aliphatic carbocycles. The summed E-state index contributed by atoms with van der Waals surface area (Å²) >= 11 is 1.77. The van der Waals surface area contributed by atoms with Crippen LogP contribution < -0.4 is 4.57 Å². The number of rotatable bonds is 4. The third-order valence-corrected chi connectivity index (χ3v) is 9.10. The fourth-order valence-corrected chi connectivity index (χ4v) is 7.24. The van der Waals surface area contributed by atoms with Crippen molar-refractivity contribution in [3.8, 4) is 17.1 Å². The minimum atomic E-state index is -2.12. The molecule has 39 heavy (non-hydrogen) atoms. The van der Waals surface area contributed by atoms with Crippen molar-refractivity contribution in [1.82, 2.24) is 4.98 Å². The van der Waals surface area contributed by atoms with Crippen LogP contribution in [0, 0.1) is 6.85 Å². The molecule has 0 aliphatic rings. The smallest absolute Gasteiger partial charge is 0.236 e. The van der Waals surface area contributed by atoms with Crippen LogP contribution in [0.15, 0.2) is 91.0 Å². The number of fused-ring (bicyclic) bond motifs is 5. The van der Waals surface area contributed by atoms with Crippen LogP contribution in [0.3, 0.4) is 0 Å². The van der Waals surface area contributed by atoms with Gasteiger partial charge in [-0.2, -0.15) is 4.57 Å². The molecular weight excluding hydrogens is 492 g/mol. The lowest BCUT2D eigenvalue weighted by atomic mass is 9.92. The number of aromatic amines is 1. The van der Waals surface area contributed by atoms with Crippen LogP contribution in [0.2, 0.25) is 0 Å². The molecule has 0 atom stereocenters. The van der Waals surface area contributed by atoms with Crippen LogP contribution in [0.4, 0.5) is 0 Å². The van der Waals surface area contributed by atoms with Crippen LogP contribution in [0.5, 0.6) is 0 Å². The maximum Gasteiger partial charge on any atom is 0.294 e. The molecule has 0 saturated heterocycles. The number of hydrogen-bond acceptors (Lipinski definition) is 1. The SMILES string of the molecule is [2H]C([2H])([2H])c1ccc2cc3c(cc2c1)sc1c(-c2[nH]c4ccccc4[n+]2-c2c(C(C)C)cccc2C(C)C)cccc13. The summed E-state index contributed by atoms with van der Waals surface area (Å²) in [5.74, 6) is 1.79. The third kappa shape index (κ3) is 3.79. The van der Waals surface area contributed by atoms with Crippen molar-refractivity contribution < 1.29 is 8.68 Å². The van der Waals surface area contributed by atoms with Gasteiger partial charge in [-0.15, -0.1) is 11.3 Å². The minimum Gasteiger partial charge on any atom is -0.236 e. The van der Waals surface area contributed by atoms with Crippen molar-refractivity contribution in [2.45, 2.75) is 46.4 Å². The molecule has 1 N–H and O–H groups in total. The normalized spacial score (nSPS) is 13.6. The van der Waals surface area contributed by atoms with E-state index in [1.165, 1.54) is 32.3 Å². The number of benzene rings is 5. The van der Waals surface area contributed by atoms with E-state index in [0.29, 0.717) is 17.4 Å². The van der Waals surface area contributed by atoms with E-state index in [1.807, 2.05) is 12.1 Å². The summed E-state index contributed by atoms with van der Waals surface area (Å²) in [6.07, 6.45) is 0. The van der Waals surface area contributed by atoms with Gasteiger partial charge in [-0.1, -0.05) is 93.9 Å². The van der Waals surface area contributed by atoms with Gasteiger partial charge in [0.05, 0.1) is 10.3 Å². The molecule has 5 aromatic carbocycles. The molecule has 0 amide bonds. The largest absolute Gasteiger partial charge is 0.294 e. The maximum absolute atomic E-state index is 7.87. The molecule has 2 heterocycles. The molecule has 0 spiro atoms. The minimum absolute atomic E-state index is 0.361. The molecule has 2 nitrogen and oxygen atoms in total. The molecule has 192 valence electrons. The van der Waals surface area contributed by atoms with Gasteiger partial charge in [0.2, 0.25) is 0 Å². The molecule has 0 fully saturated rings. The second kappa shape index (κ2) is 9.07. The first-order valence-electron chi connectivity index (χ1n) is 15.2. The summed E-state index contributed by atoms with van der Waals surface area (Å²) in [7, 11) is 0. The average molecular weight is 529 g/mol. The van der Waals surface area contributed by atoms with Crippen molar-refractivity contribution >= 4 is 53.3 Å². The summed E-state index contributed by atoms with van der Waals surface area (Å²) in [6, 6.07) is 31.7. The lowest BCUT2D eigenvalue weighted by Gasteiger charge is -2.18. The van der Waals surface area contributed by atoms with Crippen molar-refractivity contribution in [3.63, 3.8) is 0 Å². The summed E-state index contributed by atoms with van der Waals surface area (Å²) in [5.41, 5.74) is 7.71. The highest BCUT2D eigenvalue weighted by Gasteiger charge is 2.29. The second-order valence-corrected chi connectivity index (χ2v) is 12.2. The van der Waals surface area contributed by atoms with Gasteiger partial charge < -0.3 is 0 Å². The highest BCUT2D eigenvalue weighted by molar-refractivity contribution is 7.26. The topological polar surface area (TPSA) is 19.7 Å². The number of hydrogen-bond donors (Lipinski definition) is 1. The van der Waals surface area contributed by atoms with Gasteiger partial charge >= 0.3 is 0 Å². The molecule has 3 heteroatoms. The molecular formula is C36H33N2S+. The first-order chi connectivity index (χ1) is 20.1. The van der Waals surface area contributed by atoms with Crippen molar-refractivity contribution in [2.75, 3.05) is 0 Å². The Hall–Kier alpha value is -3.95. The fourth-order valence-electron chi connectivity index (χ4n) is 6.00. The Balaban J connectivity index is 1.55. The summed E-state index contributed by atoms with van der Waals surface area (Å²) in [5, 5.41) is 4.41. The Morgan fingerprint density at radius 2 is 1.51 bits per heavy atom. The molecule has 7 aromatic rings. The van der Waals surface area contributed by atoms with E-state index in [9.17, 15) is 0 Å². The number of nitrogens with zero attached hydrogens (tertiary/aromatic N) is 1. The number of thiophene rings is 1. The third-order valence-electron chi connectivity index (χ3n) is 7.90. The predicted molar refractivity (Wildman–Crippen MR) is 169 cm³/mol. The highest BCUT2D eigenvalue weighted by atomic mass is 32.1. The quantitative estimate of drug-likeness (QED) is 0.219. The fraction of sp³-hybridized carbons (Fsp3) is 0.194. The van der Waals surface area contributed by atoms with Gasteiger partial charge in [0, 0.05) is 30.7 Å². The molecule has 0 saturated carbocycles. The zero-order valence-electron chi connectivity index (χ0n) is 25.7. The highest BCUT2D eigenvalue weighted by Crippen LogP contribution is 2.41.